The predicted octanol–water partition coefficient (Wildman–Crippen LogP) is 5.52. The van der Waals surface area contributed by atoms with Crippen molar-refractivity contribution in [3.63, 3.8) is 0 Å². The zero-order chi connectivity index (χ0) is 25.9. The van der Waals surface area contributed by atoms with Gasteiger partial charge < -0.3 is 19.0 Å². The molecule has 0 aliphatic rings. The Hall–Kier alpha value is -4.53. The molecule has 0 unspecified atom stereocenters. The van der Waals surface area contributed by atoms with Crippen molar-refractivity contribution in [2.45, 2.75) is 19.8 Å². The lowest BCUT2D eigenvalue weighted by Gasteiger charge is -2.20. The molecule has 0 atom stereocenters. The highest BCUT2D eigenvalue weighted by Gasteiger charge is 2.33. The molecule has 0 aliphatic heterocycles. The minimum Gasteiger partial charge on any atom is -0.507 e. The van der Waals surface area contributed by atoms with Crippen LogP contribution < -0.4 is 11.3 Å². The summed E-state index contributed by atoms with van der Waals surface area (Å²) in [5.74, 6) is -8.02. The van der Waals surface area contributed by atoms with Crippen LogP contribution in [0.5, 0.6) is 11.5 Å². The second-order valence-corrected chi connectivity index (χ2v) is 8.53. The van der Waals surface area contributed by atoms with Crippen LogP contribution >= 0.6 is 0 Å². The van der Waals surface area contributed by atoms with E-state index >= 15 is 0 Å². The predicted molar refractivity (Wildman–Crippen MR) is 125 cm³/mol. The molecule has 0 amide bonds. The first-order chi connectivity index (χ1) is 17.1. The minimum atomic E-state index is -1.78. The Morgan fingerprint density at radius 3 is 1.53 bits per heavy atom. The third-order valence-corrected chi connectivity index (χ3v) is 6.05. The Bertz CT molecular complexity index is 1690. The van der Waals surface area contributed by atoms with E-state index in [0.717, 1.165) is 0 Å². The molecule has 5 rings (SSSR count). The first-order valence-corrected chi connectivity index (χ1v) is 10.7. The molecule has 5 aromatic rings. The summed E-state index contributed by atoms with van der Waals surface area (Å²) in [7, 11) is 0. The van der Waals surface area contributed by atoms with Crippen LogP contribution in [-0.2, 0) is 0 Å². The third-order valence-electron chi connectivity index (χ3n) is 6.05. The van der Waals surface area contributed by atoms with Crippen LogP contribution in [0.1, 0.15) is 33.7 Å². The van der Waals surface area contributed by atoms with Gasteiger partial charge in [0.2, 0.25) is 0 Å². The van der Waals surface area contributed by atoms with Gasteiger partial charge in [-0.1, -0.05) is 23.3 Å². The number of aromatic hydroxyl groups is 2. The summed E-state index contributed by atoms with van der Waals surface area (Å²) >= 11 is 0. The Balaban J connectivity index is 1.95. The summed E-state index contributed by atoms with van der Waals surface area (Å²) in [6, 6.07) is 10.3. The van der Waals surface area contributed by atoms with Gasteiger partial charge >= 0.3 is 11.3 Å². The number of fused-ring (bicyclic) bond motifs is 2. The Morgan fingerprint density at radius 2 is 1.11 bits per heavy atom. The van der Waals surface area contributed by atoms with Gasteiger partial charge in [-0.05, 0) is 55.8 Å². The number of benzene rings is 3. The molecule has 0 bridgehead atoms. The van der Waals surface area contributed by atoms with E-state index in [-0.39, 0.29) is 21.9 Å². The van der Waals surface area contributed by atoms with E-state index in [1.807, 2.05) is 0 Å². The summed E-state index contributed by atoms with van der Waals surface area (Å²) in [6.45, 7) is 3.44. The van der Waals surface area contributed by atoms with Crippen LogP contribution in [0.3, 0.4) is 0 Å². The molecular formula is C27H17F3O6. The lowest BCUT2D eigenvalue weighted by molar-refractivity contribution is 0.434. The summed E-state index contributed by atoms with van der Waals surface area (Å²) < 4.78 is 53.1. The van der Waals surface area contributed by atoms with Gasteiger partial charge in [0.15, 0.2) is 17.5 Å². The molecule has 2 heterocycles. The lowest BCUT2D eigenvalue weighted by atomic mass is 9.84. The highest BCUT2D eigenvalue weighted by molar-refractivity contribution is 5.87. The van der Waals surface area contributed by atoms with Crippen LogP contribution in [0.25, 0.3) is 21.9 Å². The van der Waals surface area contributed by atoms with E-state index < -0.39 is 62.8 Å². The Morgan fingerprint density at radius 1 is 0.694 bits per heavy atom. The highest BCUT2D eigenvalue weighted by atomic mass is 19.2. The van der Waals surface area contributed by atoms with E-state index in [2.05, 4.69) is 0 Å². The zero-order valence-electron chi connectivity index (χ0n) is 18.9. The van der Waals surface area contributed by atoms with Crippen molar-refractivity contribution in [2.75, 3.05) is 0 Å². The normalized spacial score (nSPS) is 11.6. The molecular weight excluding hydrogens is 477 g/mol. The van der Waals surface area contributed by atoms with E-state index in [0.29, 0.717) is 23.3 Å². The van der Waals surface area contributed by atoms with Crippen LogP contribution in [0.4, 0.5) is 13.2 Å². The second kappa shape index (κ2) is 8.30. The minimum absolute atomic E-state index is 0.0208. The molecule has 36 heavy (non-hydrogen) atoms. The van der Waals surface area contributed by atoms with Crippen LogP contribution in [0.15, 0.2) is 67.0 Å². The topological polar surface area (TPSA) is 101 Å². The van der Waals surface area contributed by atoms with Crippen molar-refractivity contribution in [3.8, 4) is 11.5 Å². The molecule has 0 spiro atoms. The van der Waals surface area contributed by atoms with Crippen molar-refractivity contribution in [3.05, 3.63) is 115 Å². The van der Waals surface area contributed by atoms with Crippen molar-refractivity contribution >= 4 is 21.9 Å². The molecule has 2 aromatic heterocycles. The summed E-state index contributed by atoms with van der Waals surface area (Å²) in [5, 5.41) is 22.5. The van der Waals surface area contributed by atoms with E-state index in [9.17, 15) is 33.0 Å². The van der Waals surface area contributed by atoms with Gasteiger partial charge in [-0.3, -0.25) is 0 Å². The fraction of sp³-hybridized carbons (Fsp3) is 0.111. The molecule has 0 fully saturated rings. The van der Waals surface area contributed by atoms with Crippen LogP contribution in [0, 0.1) is 31.3 Å². The maximum absolute atomic E-state index is 14.3. The number of aryl methyl sites for hydroxylation is 2. The van der Waals surface area contributed by atoms with Gasteiger partial charge in [0.05, 0.1) is 27.8 Å². The SMILES string of the molecule is Cc1ccc2oc(=O)c(C(c3cc(F)c(F)c(F)c3)c3c(O)c4cc(C)ccc4oc3=O)c(O)c2c1. The van der Waals surface area contributed by atoms with Crippen LogP contribution in [0.2, 0.25) is 0 Å². The van der Waals surface area contributed by atoms with Crippen molar-refractivity contribution in [2.24, 2.45) is 0 Å². The fourth-order valence-electron chi connectivity index (χ4n) is 4.36. The fourth-order valence-corrected chi connectivity index (χ4v) is 4.36. The van der Waals surface area contributed by atoms with Gasteiger partial charge in [0, 0.05) is 0 Å². The molecule has 2 N–H and O–H groups in total. The number of hydrogen-bond donors (Lipinski definition) is 2. The van der Waals surface area contributed by atoms with Gasteiger partial charge in [-0.2, -0.15) is 0 Å². The van der Waals surface area contributed by atoms with Gasteiger partial charge in [-0.15, -0.1) is 0 Å². The van der Waals surface area contributed by atoms with Crippen molar-refractivity contribution < 1.29 is 32.2 Å². The molecule has 3 aromatic carbocycles. The monoisotopic (exact) mass is 494 g/mol. The Kier molecular flexibility index (Phi) is 5.35. The average molecular weight is 494 g/mol. The first-order valence-electron chi connectivity index (χ1n) is 10.7. The van der Waals surface area contributed by atoms with E-state index in [1.54, 1.807) is 26.0 Å². The van der Waals surface area contributed by atoms with Crippen LogP contribution in [-0.4, -0.2) is 10.2 Å². The van der Waals surface area contributed by atoms with Gasteiger partial charge in [0.1, 0.15) is 22.7 Å². The second-order valence-electron chi connectivity index (χ2n) is 8.53. The van der Waals surface area contributed by atoms with Crippen molar-refractivity contribution in [1.29, 1.82) is 0 Å². The standard InChI is InChI=1S/C27H17F3O6/c1-11-3-5-18-14(7-11)24(31)21(26(33)35-18)20(13-9-16(28)23(30)17(29)10-13)22-25(32)15-8-12(2)4-6-19(15)36-27(22)34/h3-10,20,31-32H,1-2H3. The number of hydrogen-bond acceptors (Lipinski definition) is 6. The smallest absolute Gasteiger partial charge is 0.344 e. The van der Waals surface area contributed by atoms with Crippen molar-refractivity contribution in [1.82, 2.24) is 0 Å². The van der Waals surface area contributed by atoms with E-state index in [4.69, 9.17) is 8.83 Å². The maximum atomic E-state index is 14.3. The number of halogens is 3. The summed E-state index contributed by atoms with van der Waals surface area (Å²) in [4.78, 5) is 26.2. The largest absolute Gasteiger partial charge is 0.507 e. The summed E-state index contributed by atoms with van der Waals surface area (Å²) in [6.07, 6.45) is 0. The molecule has 0 saturated carbocycles. The highest BCUT2D eigenvalue weighted by Crippen LogP contribution is 2.42. The molecule has 0 aliphatic carbocycles. The Labute approximate surface area is 200 Å². The first kappa shape index (κ1) is 23.2. The molecule has 0 radical (unpaired) electrons. The molecule has 6 nitrogen and oxygen atoms in total. The van der Waals surface area contributed by atoms with Gasteiger partial charge in [-0.25, -0.2) is 22.8 Å². The van der Waals surface area contributed by atoms with Gasteiger partial charge in [0.25, 0.3) is 0 Å². The third kappa shape index (κ3) is 3.60. The maximum Gasteiger partial charge on any atom is 0.344 e. The summed E-state index contributed by atoms with van der Waals surface area (Å²) in [5.41, 5.74) is -2.46. The number of rotatable bonds is 3. The quantitative estimate of drug-likeness (QED) is 0.253. The molecule has 9 heteroatoms. The lowest BCUT2D eigenvalue weighted by Crippen LogP contribution is -2.21. The molecule has 0 saturated heterocycles. The van der Waals surface area contributed by atoms with E-state index in [1.165, 1.54) is 24.3 Å². The zero-order valence-corrected chi connectivity index (χ0v) is 18.9. The molecule has 182 valence electrons. The average Bonchev–Trinajstić information content (AvgIpc) is 2.82.